The summed E-state index contributed by atoms with van der Waals surface area (Å²) in [5.74, 6) is 6.84. The van der Waals surface area contributed by atoms with Crippen molar-refractivity contribution < 1.29 is 0 Å². The third-order valence-electron chi connectivity index (χ3n) is 2.48. The number of nitrogens with two attached hydrogens (primary N) is 1. The molecule has 0 saturated heterocycles. The molecule has 0 aliphatic carbocycles. The Kier molecular flexibility index (Phi) is 4.88. The quantitative estimate of drug-likeness (QED) is 0.208. The highest BCUT2D eigenvalue weighted by molar-refractivity contribution is 5.93. The second-order valence-electron chi connectivity index (χ2n) is 3.90. The maximum Gasteiger partial charge on any atom is 0.210 e. The lowest BCUT2D eigenvalue weighted by Crippen LogP contribution is -2.36. The van der Waals surface area contributed by atoms with Gasteiger partial charge in [-0.15, -0.1) is 0 Å². The molecular formula is C12H17N7. The molecule has 0 atom stereocenters. The molecule has 1 aromatic heterocycles. The second-order valence-corrected chi connectivity index (χ2v) is 3.90. The van der Waals surface area contributed by atoms with Crippen molar-refractivity contribution in [2.75, 3.05) is 11.9 Å². The van der Waals surface area contributed by atoms with Crippen molar-refractivity contribution in [3.05, 3.63) is 42.5 Å². The van der Waals surface area contributed by atoms with Crippen molar-refractivity contribution in [2.24, 2.45) is 10.8 Å². The number of aliphatic imine (C=N–C) groups is 1. The van der Waals surface area contributed by atoms with E-state index in [1.807, 2.05) is 30.3 Å². The van der Waals surface area contributed by atoms with E-state index in [1.54, 1.807) is 0 Å². The molecule has 0 aliphatic rings. The van der Waals surface area contributed by atoms with E-state index in [0.29, 0.717) is 12.5 Å². The van der Waals surface area contributed by atoms with Gasteiger partial charge in [-0.1, -0.05) is 18.2 Å². The zero-order valence-electron chi connectivity index (χ0n) is 10.5. The molecule has 100 valence electrons. The number of rotatable bonds is 5. The van der Waals surface area contributed by atoms with Crippen LogP contribution in [0.4, 0.5) is 5.69 Å². The molecule has 7 nitrogen and oxygen atoms in total. The number of benzene rings is 1. The van der Waals surface area contributed by atoms with Gasteiger partial charge in [0.05, 0.1) is 0 Å². The molecule has 0 unspecified atom stereocenters. The van der Waals surface area contributed by atoms with Crippen LogP contribution in [0.3, 0.4) is 0 Å². The summed E-state index contributed by atoms with van der Waals surface area (Å²) in [5, 5.41) is 9.71. The zero-order valence-corrected chi connectivity index (χ0v) is 10.5. The normalized spacial score (nSPS) is 11.3. The summed E-state index contributed by atoms with van der Waals surface area (Å²) >= 11 is 0. The van der Waals surface area contributed by atoms with Crippen LogP contribution in [-0.2, 0) is 6.42 Å². The van der Waals surface area contributed by atoms with Crippen molar-refractivity contribution in [1.29, 1.82) is 0 Å². The van der Waals surface area contributed by atoms with Gasteiger partial charge in [0.1, 0.15) is 12.2 Å². The van der Waals surface area contributed by atoms with E-state index in [-0.39, 0.29) is 0 Å². The number of guanidine groups is 1. The Labute approximate surface area is 111 Å². The highest BCUT2D eigenvalue weighted by atomic mass is 15.3. The molecule has 7 heteroatoms. The topological polar surface area (TPSA) is 104 Å². The van der Waals surface area contributed by atoms with Crippen molar-refractivity contribution >= 4 is 11.6 Å². The van der Waals surface area contributed by atoms with Crippen LogP contribution >= 0.6 is 0 Å². The van der Waals surface area contributed by atoms with E-state index in [0.717, 1.165) is 24.4 Å². The summed E-state index contributed by atoms with van der Waals surface area (Å²) in [6.45, 7) is 0.653. The number of hydrogen-bond acceptors (Lipinski definition) is 4. The number of nitrogens with one attached hydrogen (secondary N) is 3. The van der Waals surface area contributed by atoms with Gasteiger partial charge in [0.25, 0.3) is 0 Å². The first-order valence-corrected chi connectivity index (χ1v) is 6.06. The largest absolute Gasteiger partial charge is 0.325 e. The molecule has 2 aromatic rings. The first-order valence-electron chi connectivity index (χ1n) is 6.06. The van der Waals surface area contributed by atoms with Crippen LogP contribution in [0.2, 0.25) is 0 Å². The number of aromatic nitrogens is 3. The Bertz CT molecular complexity index is 492. The van der Waals surface area contributed by atoms with Crippen molar-refractivity contribution in [2.45, 2.75) is 12.8 Å². The second kappa shape index (κ2) is 7.12. The van der Waals surface area contributed by atoms with E-state index in [2.05, 4.69) is 30.9 Å². The van der Waals surface area contributed by atoms with Crippen LogP contribution in [0.15, 0.2) is 41.7 Å². The predicted molar refractivity (Wildman–Crippen MR) is 74.4 cm³/mol. The van der Waals surface area contributed by atoms with E-state index in [1.165, 1.54) is 6.33 Å². The summed E-state index contributed by atoms with van der Waals surface area (Å²) in [6, 6.07) is 9.73. The summed E-state index contributed by atoms with van der Waals surface area (Å²) < 4.78 is 0. The highest BCUT2D eigenvalue weighted by Gasteiger charge is 1.98. The van der Waals surface area contributed by atoms with Gasteiger partial charge in [-0.25, -0.2) is 10.8 Å². The van der Waals surface area contributed by atoms with Gasteiger partial charge in [-0.05, 0) is 18.6 Å². The molecule has 1 aromatic carbocycles. The lowest BCUT2D eigenvalue weighted by atomic mass is 10.3. The number of H-pyrrole nitrogens is 1. The average Bonchev–Trinajstić information content (AvgIpc) is 2.96. The van der Waals surface area contributed by atoms with Gasteiger partial charge in [0.15, 0.2) is 0 Å². The van der Waals surface area contributed by atoms with Crippen LogP contribution in [-0.4, -0.2) is 27.7 Å². The molecule has 0 aliphatic heterocycles. The van der Waals surface area contributed by atoms with Gasteiger partial charge >= 0.3 is 0 Å². The monoisotopic (exact) mass is 259 g/mol. The first-order chi connectivity index (χ1) is 9.38. The third kappa shape index (κ3) is 4.40. The van der Waals surface area contributed by atoms with Gasteiger partial charge in [-0.3, -0.25) is 15.5 Å². The highest BCUT2D eigenvalue weighted by Crippen LogP contribution is 2.04. The Balaban J connectivity index is 1.79. The van der Waals surface area contributed by atoms with Crippen LogP contribution in [0, 0.1) is 0 Å². The molecule has 19 heavy (non-hydrogen) atoms. The van der Waals surface area contributed by atoms with Crippen LogP contribution in [0.1, 0.15) is 12.2 Å². The number of hydrogen-bond donors (Lipinski definition) is 4. The molecular weight excluding hydrogens is 242 g/mol. The molecule has 2 rings (SSSR count). The van der Waals surface area contributed by atoms with Gasteiger partial charge in [0, 0.05) is 18.7 Å². The third-order valence-corrected chi connectivity index (χ3v) is 2.48. The van der Waals surface area contributed by atoms with Crippen molar-refractivity contribution in [1.82, 2.24) is 20.6 Å². The average molecular weight is 259 g/mol. The lowest BCUT2D eigenvalue weighted by molar-refractivity contribution is 0.781. The standard InChI is InChI=1S/C12H17N7/c13-18-12(17-10-5-2-1-3-6-10)14-8-4-7-11-15-9-16-19-11/h1-3,5-6,9H,4,7-8,13H2,(H2,14,17,18)(H,15,16,19). The van der Waals surface area contributed by atoms with Crippen LogP contribution < -0.4 is 16.6 Å². The molecule has 0 radical (unpaired) electrons. The summed E-state index contributed by atoms with van der Waals surface area (Å²) in [6.07, 6.45) is 3.19. The summed E-state index contributed by atoms with van der Waals surface area (Å²) in [4.78, 5) is 8.39. The van der Waals surface area contributed by atoms with Crippen LogP contribution in [0.5, 0.6) is 0 Å². The van der Waals surface area contributed by atoms with E-state index in [4.69, 9.17) is 5.84 Å². The molecule has 5 N–H and O–H groups in total. The summed E-state index contributed by atoms with van der Waals surface area (Å²) in [7, 11) is 0. The Morgan fingerprint density at radius 1 is 1.32 bits per heavy atom. The number of para-hydroxylation sites is 1. The minimum atomic E-state index is 0.545. The molecule has 0 amide bonds. The molecule has 0 fully saturated rings. The fourth-order valence-electron chi connectivity index (χ4n) is 1.57. The number of nitrogens with zero attached hydrogens (tertiary/aromatic N) is 3. The SMILES string of the molecule is NNC(=NCCCc1ncn[nH]1)Nc1ccccc1. The van der Waals surface area contributed by atoms with Crippen molar-refractivity contribution in [3.63, 3.8) is 0 Å². The molecule has 1 heterocycles. The maximum absolute atomic E-state index is 5.43. The minimum absolute atomic E-state index is 0.545. The van der Waals surface area contributed by atoms with E-state index >= 15 is 0 Å². The van der Waals surface area contributed by atoms with E-state index < -0.39 is 0 Å². The number of anilines is 1. The predicted octanol–water partition coefficient (Wildman–Crippen LogP) is 0.669. The number of hydrazine groups is 1. The molecule has 0 bridgehead atoms. The Morgan fingerprint density at radius 2 is 2.16 bits per heavy atom. The maximum atomic E-state index is 5.43. The lowest BCUT2D eigenvalue weighted by Gasteiger charge is -2.08. The van der Waals surface area contributed by atoms with Crippen molar-refractivity contribution in [3.8, 4) is 0 Å². The Morgan fingerprint density at radius 3 is 2.84 bits per heavy atom. The number of aryl methyl sites for hydroxylation is 1. The Hall–Kier alpha value is -2.41. The fraction of sp³-hybridized carbons (Fsp3) is 0.250. The van der Waals surface area contributed by atoms with Gasteiger partial charge in [-0.2, -0.15) is 5.10 Å². The first kappa shape index (κ1) is 13.0. The van der Waals surface area contributed by atoms with Crippen LogP contribution in [0.25, 0.3) is 0 Å². The minimum Gasteiger partial charge on any atom is -0.325 e. The van der Waals surface area contributed by atoms with Gasteiger partial charge < -0.3 is 5.32 Å². The summed E-state index contributed by atoms with van der Waals surface area (Å²) in [5.41, 5.74) is 3.49. The molecule has 0 saturated carbocycles. The van der Waals surface area contributed by atoms with E-state index in [9.17, 15) is 0 Å². The number of aromatic amines is 1. The van der Waals surface area contributed by atoms with Gasteiger partial charge in [0.2, 0.25) is 5.96 Å². The fourth-order valence-corrected chi connectivity index (χ4v) is 1.57. The zero-order chi connectivity index (χ0) is 13.3. The smallest absolute Gasteiger partial charge is 0.210 e. The molecule has 0 spiro atoms.